The number of fused-ring (bicyclic) bond motifs is 1. The molecule has 1 aromatic heterocycles. The molecule has 2 aromatic carbocycles. The maximum absolute atomic E-state index is 11.2. The molecule has 1 saturated heterocycles. The number of nitrogens with zero attached hydrogens (tertiary/aromatic N) is 2. The topological polar surface area (TPSA) is 75.0 Å². The number of aliphatic hydroxyl groups excluding tert-OH is 1. The Bertz CT molecular complexity index is 986. The van der Waals surface area contributed by atoms with Gasteiger partial charge in [0.05, 0.1) is 18.2 Å². The summed E-state index contributed by atoms with van der Waals surface area (Å²) in [6, 6.07) is 17.3. The minimum absolute atomic E-state index is 0.480. The molecule has 1 unspecified atom stereocenters. The zero-order valence-electron chi connectivity index (χ0n) is 17.2. The Morgan fingerprint density at radius 3 is 2.53 bits per heavy atom. The first kappa shape index (κ1) is 20.6. The number of aromatic nitrogens is 1. The Labute approximate surface area is 176 Å². The van der Waals surface area contributed by atoms with Gasteiger partial charge in [0.1, 0.15) is 0 Å². The predicted molar refractivity (Wildman–Crippen MR) is 116 cm³/mol. The molecule has 1 aliphatic heterocycles. The summed E-state index contributed by atoms with van der Waals surface area (Å²) in [6.07, 6.45) is 2.64. The molecule has 4 rings (SSSR count). The fraction of sp³-hybridized carbons (Fsp3) is 0.375. The van der Waals surface area contributed by atoms with Crippen LogP contribution in [0.1, 0.15) is 24.8 Å². The summed E-state index contributed by atoms with van der Waals surface area (Å²) in [6.45, 7) is 2.21. The molecule has 6 heteroatoms. The normalized spacial score (nSPS) is 17.6. The summed E-state index contributed by atoms with van der Waals surface area (Å²) in [5, 5.41) is 22.5. The third-order valence-electron chi connectivity index (χ3n) is 5.84. The lowest BCUT2D eigenvalue weighted by atomic mass is 9.85. The third kappa shape index (κ3) is 4.56. The van der Waals surface area contributed by atoms with Crippen molar-refractivity contribution in [1.29, 1.82) is 0 Å². The van der Waals surface area contributed by atoms with Crippen molar-refractivity contribution in [2.75, 3.05) is 26.7 Å². The molecule has 0 aliphatic carbocycles. The van der Waals surface area contributed by atoms with E-state index in [1.807, 2.05) is 42.5 Å². The number of methoxy groups -OCH3 is 1. The molecule has 3 aromatic rings. The molecule has 0 saturated carbocycles. The maximum Gasteiger partial charge on any atom is 0.198 e. The Morgan fingerprint density at radius 2 is 1.77 bits per heavy atom. The second-order valence-corrected chi connectivity index (χ2v) is 7.80. The first-order valence-electron chi connectivity index (χ1n) is 10.4. The van der Waals surface area contributed by atoms with Gasteiger partial charge in [-0.05, 0) is 37.1 Å². The summed E-state index contributed by atoms with van der Waals surface area (Å²) in [7, 11) is 1.58. The van der Waals surface area contributed by atoms with Crippen molar-refractivity contribution >= 4 is 10.9 Å². The smallest absolute Gasteiger partial charge is 0.198 e. The Balaban J connectivity index is 1.30. The van der Waals surface area contributed by atoms with E-state index in [1.165, 1.54) is 0 Å². The Kier molecular flexibility index (Phi) is 6.18. The van der Waals surface area contributed by atoms with Gasteiger partial charge in [0.2, 0.25) is 0 Å². The van der Waals surface area contributed by atoms with Gasteiger partial charge < -0.3 is 24.6 Å². The number of likely N-dealkylation sites (tertiary alicyclic amines) is 1. The lowest BCUT2D eigenvalue weighted by molar-refractivity contribution is -0.0483. The molecule has 30 heavy (non-hydrogen) atoms. The average molecular weight is 408 g/mol. The highest BCUT2D eigenvalue weighted by atomic mass is 16.6. The van der Waals surface area contributed by atoms with Crippen LogP contribution in [0.3, 0.4) is 0 Å². The summed E-state index contributed by atoms with van der Waals surface area (Å²) in [5.41, 5.74) is 0.951. The minimum atomic E-state index is -0.910. The van der Waals surface area contributed by atoms with Gasteiger partial charge in [0.25, 0.3) is 0 Å². The van der Waals surface area contributed by atoms with Crippen molar-refractivity contribution in [3.05, 3.63) is 66.4 Å². The predicted octanol–water partition coefficient (Wildman–Crippen LogP) is 3.31. The van der Waals surface area contributed by atoms with E-state index in [1.54, 1.807) is 25.4 Å². The number of piperidine rings is 1. The van der Waals surface area contributed by atoms with Crippen molar-refractivity contribution in [3.63, 3.8) is 0 Å². The second kappa shape index (κ2) is 9.00. The number of ether oxygens (including phenoxy) is 2. The number of aliphatic hydroxyl groups is 2. The molecular weight excluding hydrogens is 380 g/mol. The number of hydrogen-bond donors (Lipinski definition) is 2. The van der Waals surface area contributed by atoms with Crippen molar-refractivity contribution in [2.24, 2.45) is 0 Å². The molecule has 0 amide bonds. The van der Waals surface area contributed by atoms with Crippen LogP contribution in [0.25, 0.3) is 10.9 Å². The molecule has 1 aliphatic rings. The van der Waals surface area contributed by atoms with Gasteiger partial charge in [-0.2, -0.15) is 0 Å². The zero-order chi connectivity index (χ0) is 21.0. The zero-order valence-corrected chi connectivity index (χ0v) is 17.2. The van der Waals surface area contributed by atoms with E-state index in [2.05, 4.69) is 9.88 Å². The van der Waals surface area contributed by atoms with Crippen molar-refractivity contribution in [3.8, 4) is 11.5 Å². The summed E-state index contributed by atoms with van der Waals surface area (Å²) in [4.78, 5) is 6.75. The number of benzene rings is 2. The van der Waals surface area contributed by atoms with Gasteiger partial charge >= 0.3 is 0 Å². The van der Waals surface area contributed by atoms with Crippen molar-refractivity contribution in [2.45, 2.75) is 31.2 Å². The van der Waals surface area contributed by atoms with Gasteiger partial charge in [-0.15, -0.1) is 0 Å². The highest BCUT2D eigenvalue weighted by Gasteiger charge is 2.34. The van der Waals surface area contributed by atoms with Crippen LogP contribution in [0, 0.1) is 0 Å². The maximum atomic E-state index is 11.2. The van der Waals surface area contributed by atoms with Gasteiger partial charge in [0, 0.05) is 43.2 Å². The SMILES string of the molecule is COc1ccccc1OC(O)CCN1CCC(O)(c2cnc3ccccc3c2)CC1. The minimum Gasteiger partial charge on any atom is -0.493 e. The monoisotopic (exact) mass is 408 g/mol. The van der Waals surface area contributed by atoms with Gasteiger partial charge in [-0.25, -0.2) is 0 Å². The number of para-hydroxylation sites is 3. The van der Waals surface area contributed by atoms with Crippen LogP contribution in [0.2, 0.25) is 0 Å². The third-order valence-corrected chi connectivity index (χ3v) is 5.84. The lowest BCUT2D eigenvalue weighted by Gasteiger charge is -2.38. The first-order chi connectivity index (χ1) is 14.6. The number of hydrogen-bond acceptors (Lipinski definition) is 6. The number of rotatable bonds is 7. The fourth-order valence-electron chi connectivity index (χ4n) is 3.98. The summed E-state index contributed by atoms with van der Waals surface area (Å²) in [5.74, 6) is 1.13. The Morgan fingerprint density at radius 1 is 1.07 bits per heavy atom. The van der Waals surface area contributed by atoms with Crippen LogP contribution < -0.4 is 9.47 Å². The van der Waals surface area contributed by atoms with Crippen LogP contribution >= 0.6 is 0 Å². The molecule has 0 radical (unpaired) electrons. The highest BCUT2D eigenvalue weighted by molar-refractivity contribution is 5.78. The van der Waals surface area contributed by atoms with E-state index in [0.29, 0.717) is 37.3 Å². The van der Waals surface area contributed by atoms with Gasteiger partial charge in [-0.1, -0.05) is 30.3 Å². The lowest BCUT2D eigenvalue weighted by Crippen LogP contribution is -2.43. The average Bonchev–Trinajstić information content (AvgIpc) is 2.79. The van der Waals surface area contributed by atoms with Crippen LogP contribution in [0.5, 0.6) is 11.5 Å². The van der Waals surface area contributed by atoms with Crippen molar-refractivity contribution < 1.29 is 19.7 Å². The second-order valence-electron chi connectivity index (χ2n) is 7.80. The quantitative estimate of drug-likeness (QED) is 0.584. The van der Waals surface area contributed by atoms with E-state index in [0.717, 1.165) is 29.6 Å². The molecule has 2 N–H and O–H groups in total. The molecule has 0 bridgehead atoms. The van der Waals surface area contributed by atoms with Crippen molar-refractivity contribution in [1.82, 2.24) is 9.88 Å². The highest BCUT2D eigenvalue weighted by Crippen LogP contribution is 2.34. The van der Waals surface area contributed by atoms with E-state index < -0.39 is 11.9 Å². The van der Waals surface area contributed by atoms with Crippen LogP contribution in [0.15, 0.2) is 60.8 Å². The fourth-order valence-corrected chi connectivity index (χ4v) is 3.98. The van der Waals surface area contributed by atoms with E-state index in [9.17, 15) is 10.2 Å². The molecular formula is C24H28N2O4. The van der Waals surface area contributed by atoms with Gasteiger partial charge in [-0.3, -0.25) is 4.98 Å². The van der Waals surface area contributed by atoms with Crippen LogP contribution in [-0.2, 0) is 5.60 Å². The van der Waals surface area contributed by atoms with Crippen LogP contribution in [-0.4, -0.2) is 53.1 Å². The van der Waals surface area contributed by atoms with Gasteiger partial charge in [0.15, 0.2) is 17.8 Å². The van der Waals surface area contributed by atoms with Crippen LogP contribution in [0.4, 0.5) is 0 Å². The Hall–Kier alpha value is -2.67. The molecule has 6 nitrogen and oxygen atoms in total. The molecule has 158 valence electrons. The summed E-state index contributed by atoms with van der Waals surface area (Å²) < 4.78 is 10.9. The largest absolute Gasteiger partial charge is 0.493 e. The molecule has 2 heterocycles. The van der Waals surface area contributed by atoms with E-state index in [-0.39, 0.29) is 0 Å². The standard InChI is InChI=1S/C24H28N2O4/c1-29-21-8-4-5-9-22(21)30-23(27)10-13-26-14-11-24(28,12-15-26)19-16-18-6-2-3-7-20(18)25-17-19/h2-9,16-17,23,27-28H,10-15H2,1H3. The first-order valence-corrected chi connectivity index (χ1v) is 10.4. The van der Waals surface area contributed by atoms with E-state index >= 15 is 0 Å². The summed E-state index contributed by atoms with van der Waals surface area (Å²) >= 11 is 0. The molecule has 1 fully saturated rings. The molecule has 0 spiro atoms. The number of pyridine rings is 1. The van der Waals surface area contributed by atoms with E-state index in [4.69, 9.17) is 9.47 Å². The molecule has 1 atom stereocenters.